The summed E-state index contributed by atoms with van der Waals surface area (Å²) < 4.78 is 0. The van der Waals surface area contributed by atoms with E-state index in [4.69, 9.17) is 0 Å². The number of amides is 1. The van der Waals surface area contributed by atoms with E-state index in [1.54, 1.807) is 0 Å². The quantitative estimate of drug-likeness (QED) is 0.828. The maximum atomic E-state index is 11.2. The summed E-state index contributed by atoms with van der Waals surface area (Å²) in [6.45, 7) is 8.33. The number of carbonyl (C=O) groups is 1. The van der Waals surface area contributed by atoms with E-state index in [9.17, 15) is 4.79 Å². The fraction of sp³-hybridized carbons (Fsp3) is 0.400. The second-order valence-electron chi connectivity index (χ2n) is 4.99. The lowest BCUT2D eigenvalue weighted by Crippen LogP contribution is -2.31. The molecular formula is C15H19NO. The van der Waals surface area contributed by atoms with E-state index in [2.05, 4.69) is 50.0 Å². The van der Waals surface area contributed by atoms with Gasteiger partial charge in [-0.15, -0.1) is 0 Å². The number of carbonyl (C=O) groups excluding carboxylic acids is 1. The fourth-order valence-corrected chi connectivity index (χ4v) is 2.26. The average Bonchev–Trinajstić information content (AvgIpc) is 2.29. The third-order valence-corrected chi connectivity index (χ3v) is 3.39. The van der Waals surface area contributed by atoms with E-state index in [0.29, 0.717) is 12.3 Å². The molecule has 1 saturated heterocycles. The molecule has 1 unspecified atom stereocenters. The largest absolute Gasteiger partial charge is 0.330 e. The average molecular weight is 229 g/mol. The zero-order valence-electron chi connectivity index (χ0n) is 10.5. The molecule has 0 aliphatic carbocycles. The lowest BCUT2D eigenvalue weighted by atomic mass is 9.87. The molecule has 0 aromatic heterocycles. The molecule has 1 atom stereocenters. The van der Waals surface area contributed by atoms with Crippen molar-refractivity contribution in [1.29, 1.82) is 0 Å². The zero-order chi connectivity index (χ0) is 12.4. The molecule has 0 spiro atoms. The molecule has 2 nitrogen and oxygen atoms in total. The third kappa shape index (κ3) is 2.57. The monoisotopic (exact) mass is 229 g/mol. The Hall–Kier alpha value is -1.57. The maximum absolute atomic E-state index is 11.2. The van der Waals surface area contributed by atoms with Gasteiger partial charge in [0.05, 0.1) is 0 Å². The molecule has 1 N–H and O–H groups in total. The topological polar surface area (TPSA) is 29.1 Å². The number of hydrogen-bond donors (Lipinski definition) is 1. The van der Waals surface area contributed by atoms with Crippen LogP contribution in [0.1, 0.15) is 49.7 Å². The van der Waals surface area contributed by atoms with Gasteiger partial charge in [-0.1, -0.05) is 44.7 Å². The highest BCUT2D eigenvalue weighted by Gasteiger charge is 2.23. The van der Waals surface area contributed by atoms with Gasteiger partial charge in [0.15, 0.2) is 0 Å². The number of nitrogens with one attached hydrogen (secondary N) is 1. The first-order chi connectivity index (χ1) is 8.08. The molecular weight excluding hydrogens is 210 g/mol. The van der Waals surface area contributed by atoms with Gasteiger partial charge in [-0.25, -0.2) is 0 Å². The van der Waals surface area contributed by atoms with Gasteiger partial charge in [0.2, 0.25) is 5.91 Å². The van der Waals surface area contributed by atoms with Gasteiger partial charge in [-0.2, -0.15) is 0 Å². The van der Waals surface area contributed by atoms with Crippen LogP contribution in [0.25, 0.3) is 0 Å². The van der Waals surface area contributed by atoms with Gasteiger partial charge in [0.25, 0.3) is 0 Å². The lowest BCUT2D eigenvalue weighted by Gasteiger charge is -2.25. The molecule has 0 radical (unpaired) electrons. The van der Waals surface area contributed by atoms with Crippen LogP contribution in [0, 0.1) is 0 Å². The highest BCUT2D eigenvalue weighted by atomic mass is 16.1. The second-order valence-corrected chi connectivity index (χ2v) is 4.99. The van der Waals surface area contributed by atoms with Crippen molar-refractivity contribution in [2.75, 3.05) is 0 Å². The molecule has 1 aliphatic heterocycles. The van der Waals surface area contributed by atoms with Crippen LogP contribution in [0.5, 0.6) is 0 Å². The summed E-state index contributed by atoms with van der Waals surface area (Å²) >= 11 is 0. The van der Waals surface area contributed by atoms with Crippen molar-refractivity contribution >= 4 is 5.91 Å². The van der Waals surface area contributed by atoms with Crippen molar-refractivity contribution in [3.63, 3.8) is 0 Å². The van der Waals surface area contributed by atoms with Crippen molar-refractivity contribution in [2.45, 2.75) is 38.5 Å². The molecule has 2 heteroatoms. The first-order valence-electron chi connectivity index (χ1n) is 6.16. The minimum atomic E-state index is 0.0880. The van der Waals surface area contributed by atoms with Crippen LogP contribution in [-0.4, -0.2) is 5.91 Å². The lowest BCUT2D eigenvalue weighted by molar-refractivity contribution is -0.121. The Kier molecular flexibility index (Phi) is 3.32. The Morgan fingerprint density at radius 2 is 1.94 bits per heavy atom. The van der Waals surface area contributed by atoms with Crippen LogP contribution in [-0.2, 0) is 4.79 Å². The van der Waals surface area contributed by atoms with Gasteiger partial charge in [0, 0.05) is 18.0 Å². The first kappa shape index (κ1) is 11.9. The van der Waals surface area contributed by atoms with E-state index < -0.39 is 0 Å². The predicted molar refractivity (Wildman–Crippen MR) is 69.8 cm³/mol. The summed E-state index contributed by atoms with van der Waals surface area (Å²) in [7, 11) is 0. The standard InChI is InChI=1S/C15H19NO/c1-10(2)12-4-6-13(7-5-12)14-8-9-15(17)16-11(14)3/h4-7,10,14H,3,8-9H2,1-2H3,(H,16,17). The van der Waals surface area contributed by atoms with E-state index >= 15 is 0 Å². The van der Waals surface area contributed by atoms with Gasteiger partial charge >= 0.3 is 0 Å². The normalized spacial score (nSPS) is 20.5. The van der Waals surface area contributed by atoms with Crippen LogP contribution in [0.15, 0.2) is 36.5 Å². The number of piperidine rings is 1. The van der Waals surface area contributed by atoms with Crippen LogP contribution in [0.2, 0.25) is 0 Å². The number of allylic oxidation sites excluding steroid dienone is 1. The fourth-order valence-electron chi connectivity index (χ4n) is 2.26. The molecule has 0 saturated carbocycles. The highest BCUT2D eigenvalue weighted by Crippen LogP contribution is 2.30. The van der Waals surface area contributed by atoms with Gasteiger partial charge in [-0.05, 0) is 23.5 Å². The smallest absolute Gasteiger partial charge is 0.224 e. The molecule has 17 heavy (non-hydrogen) atoms. The molecule has 1 fully saturated rings. The molecule has 1 aromatic carbocycles. The SMILES string of the molecule is C=C1NC(=O)CCC1c1ccc(C(C)C)cc1. The molecule has 1 heterocycles. The summed E-state index contributed by atoms with van der Waals surface area (Å²) in [6, 6.07) is 8.65. The Balaban J connectivity index is 2.17. The number of rotatable bonds is 2. The van der Waals surface area contributed by atoms with Crippen molar-refractivity contribution in [2.24, 2.45) is 0 Å². The summed E-state index contributed by atoms with van der Waals surface area (Å²) in [6.07, 6.45) is 1.46. The Bertz CT molecular complexity index is 431. The third-order valence-electron chi connectivity index (χ3n) is 3.39. The van der Waals surface area contributed by atoms with Crippen LogP contribution >= 0.6 is 0 Å². The van der Waals surface area contributed by atoms with E-state index in [1.165, 1.54) is 11.1 Å². The molecule has 90 valence electrons. The summed E-state index contributed by atoms with van der Waals surface area (Å²) in [5.74, 6) is 0.914. The van der Waals surface area contributed by atoms with Crippen LogP contribution < -0.4 is 5.32 Å². The van der Waals surface area contributed by atoms with Gasteiger partial charge < -0.3 is 5.32 Å². The van der Waals surface area contributed by atoms with Crippen LogP contribution in [0.4, 0.5) is 0 Å². The minimum Gasteiger partial charge on any atom is -0.330 e. The van der Waals surface area contributed by atoms with E-state index in [-0.39, 0.29) is 11.8 Å². The molecule has 2 rings (SSSR count). The predicted octanol–water partition coefficient (Wildman–Crippen LogP) is 3.32. The minimum absolute atomic E-state index is 0.0880. The van der Waals surface area contributed by atoms with Gasteiger partial charge in [-0.3, -0.25) is 4.79 Å². The number of hydrogen-bond acceptors (Lipinski definition) is 1. The first-order valence-corrected chi connectivity index (χ1v) is 6.16. The van der Waals surface area contributed by atoms with Gasteiger partial charge in [0.1, 0.15) is 0 Å². The highest BCUT2D eigenvalue weighted by molar-refractivity contribution is 5.79. The maximum Gasteiger partial charge on any atom is 0.224 e. The van der Waals surface area contributed by atoms with E-state index in [0.717, 1.165) is 12.1 Å². The Morgan fingerprint density at radius 3 is 2.47 bits per heavy atom. The molecule has 1 aliphatic rings. The number of benzene rings is 1. The summed E-state index contributed by atoms with van der Waals surface area (Å²) in [5, 5.41) is 2.83. The summed E-state index contributed by atoms with van der Waals surface area (Å²) in [5.41, 5.74) is 3.43. The van der Waals surface area contributed by atoms with Crippen molar-refractivity contribution in [3.8, 4) is 0 Å². The van der Waals surface area contributed by atoms with Crippen molar-refractivity contribution in [1.82, 2.24) is 5.32 Å². The van der Waals surface area contributed by atoms with Crippen molar-refractivity contribution in [3.05, 3.63) is 47.7 Å². The molecule has 0 bridgehead atoms. The molecule has 1 aromatic rings. The van der Waals surface area contributed by atoms with Crippen molar-refractivity contribution < 1.29 is 4.79 Å². The second kappa shape index (κ2) is 4.74. The van der Waals surface area contributed by atoms with E-state index in [1.807, 2.05) is 0 Å². The van der Waals surface area contributed by atoms with Crippen LogP contribution in [0.3, 0.4) is 0 Å². The molecule has 1 amide bonds. The summed E-state index contributed by atoms with van der Waals surface area (Å²) in [4.78, 5) is 11.2. The Labute approximate surface area is 103 Å². The Morgan fingerprint density at radius 1 is 1.29 bits per heavy atom. The zero-order valence-corrected chi connectivity index (χ0v) is 10.5.